The highest BCUT2D eigenvalue weighted by molar-refractivity contribution is 7.86. The molecule has 2 N–H and O–H groups in total. The fourth-order valence-corrected chi connectivity index (χ4v) is 4.67. The molecule has 5 nitrogen and oxygen atoms in total. The van der Waals surface area contributed by atoms with E-state index in [0.717, 1.165) is 25.7 Å². The van der Waals surface area contributed by atoms with E-state index in [0.29, 0.717) is 37.0 Å². The van der Waals surface area contributed by atoms with Gasteiger partial charge in [-0.3, -0.25) is 0 Å². The van der Waals surface area contributed by atoms with Crippen molar-refractivity contribution in [1.82, 2.24) is 8.61 Å². The Morgan fingerprint density at radius 3 is 2.63 bits per heavy atom. The summed E-state index contributed by atoms with van der Waals surface area (Å²) in [6, 6.07) is 0.164. The van der Waals surface area contributed by atoms with Crippen LogP contribution in [-0.4, -0.2) is 47.7 Å². The first kappa shape index (κ1) is 15.2. The third-order valence-corrected chi connectivity index (χ3v) is 6.04. The Bertz CT molecular complexity index is 434. The number of hydrogen-bond acceptors (Lipinski definition) is 3. The first-order valence-electron chi connectivity index (χ1n) is 6.96. The van der Waals surface area contributed by atoms with Crippen molar-refractivity contribution in [3.63, 3.8) is 0 Å². The second-order valence-electron chi connectivity index (χ2n) is 5.67. The van der Waals surface area contributed by atoms with Crippen LogP contribution in [0.1, 0.15) is 39.0 Å². The zero-order chi connectivity index (χ0) is 14.0. The second kappa shape index (κ2) is 6.03. The van der Waals surface area contributed by atoms with Gasteiger partial charge in [-0.2, -0.15) is 17.0 Å². The van der Waals surface area contributed by atoms with Gasteiger partial charge in [0.25, 0.3) is 10.2 Å². The fourth-order valence-electron chi connectivity index (χ4n) is 2.57. The number of nitrogens with zero attached hydrogens (tertiary/aromatic N) is 2. The van der Waals surface area contributed by atoms with Gasteiger partial charge in [0, 0.05) is 32.1 Å². The maximum atomic E-state index is 12.7. The molecule has 1 atom stereocenters. The molecule has 0 aromatic rings. The van der Waals surface area contributed by atoms with Gasteiger partial charge in [-0.05, 0) is 31.6 Å². The van der Waals surface area contributed by atoms with Crippen LogP contribution < -0.4 is 5.73 Å². The summed E-state index contributed by atoms with van der Waals surface area (Å²) in [4.78, 5) is 0.382. The van der Waals surface area contributed by atoms with Crippen LogP contribution in [0.25, 0.3) is 0 Å². The lowest BCUT2D eigenvalue weighted by atomic mass is 10.0. The summed E-state index contributed by atoms with van der Waals surface area (Å²) in [5, 5.41) is 0. The van der Waals surface area contributed by atoms with Crippen molar-refractivity contribution < 1.29 is 8.42 Å². The molecule has 7 heteroatoms. The van der Waals surface area contributed by atoms with Gasteiger partial charge < -0.3 is 5.73 Å². The molecular formula is C12H23N3O2S2. The summed E-state index contributed by atoms with van der Waals surface area (Å²) >= 11 is 4.86. The smallest absolute Gasteiger partial charge is 0.282 e. The van der Waals surface area contributed by atoms with Gasteiger partial charge in [0.2, 0.25) is 0 Å². The lowest BCUT2D eigenvalue weighted by molar-refractivity contribution is 0.256. The number of thiocarbonyl (C=S) groups is 1. The lowest BCUT2D eigenvalue weighted by Gasteiger charge is -2.34. The molecule has 0 bridgehead atoms. The molecule has 0 aromatic heterocycles. The van der Waals surface area contributed by atoms with E-state index in [9.17, 15) is 8.42 Å². The van der Waals surface area contributed by atoms with Crippen molar-refractivity contribution >= 4 is 27.4 Å². The number of piperidine rings is 1. The van der Waals surface area contributed by atoms with Crippen molar-refractivity contribution in [3.8, 4) is 0 Å². The molecule has 0 radical (unpaired) electrons. The van der Waals surface area contributed by atoms with E-state index in [1.165, 1.54) is 0 Å². The Morgan fingerprint density at radius 2 is 2.11 bits per heavy atom. The van der Waals surface area contributed by atoms with E-state index in [4.69, 9.17) is 18.0 Å². The van der Waals surface area contributed by atoms with Crippen LogP contribution in [0.15, 0.2) is 0 Å². The molecule has 1 aliphatic carbocycles. The topological polar surface area (TPSA) is 66.6 Å². The highest BCUT2D eigenvalue weighted by Gasteiger charge is 2.40. The molecule has 0 aromatic carbocycles. The van der Waals surface area contributed by atoms with Crippen molar-refractivity contribution in [3.05, 3.63) is 0 Å². The molecule has 1 aliphatic heterocycles. The minimum Gasteiger partial charge on any atom is -0.393 e. The third kappa shape index (κ3) is 3.87. The summed E-state index contributed by atoms with van der Waals surface area (Å²) in [6.07, 6.45) is 4.45. The molecule has 2 aliphatic rings. The minimum atomic E-state index is -3.34. The van der Waals surface area contributed by atoms with Crippen molar-refractivity contribution in [1.29, 1.82) is 0 Å². The van der Waals surface area contributed by atoms with Crippen molar-refractivity contribution in [2.75, 3.05) is 19.6 Å². The molecular weight excluding hydrogens is 282 g/mol. The van der Waals surface area contributed by atoms with Crippen LogP contribution in [0.3, 0.4) is 0 Å². The lowest BCUT2D eigenvalue weighted by Crippen LogP contribution is -2.49. The van der Waals surface area contributed by atoms with Crippen LogP contribution in [0.4, 0.5) is 0 Å². The number of hydrogen-bond donors (Lipinski definition) is 1. The van der Waals surface area contributed by atoms with Crippen LogP contribution in [0, 0.1) is 5.92 Å². The van der Waals surface area contributed by atoms with Gasteiger partial charge in [-0.1, -0.05) is 19.1 Å². The van der Waals surface area contributed by atoms with E-state index in [1.807, 2.05) is 0 Å². The van der Waals surface area contributed by atoms with Crippen molar-refractivity contribution in [2.24, 2.45) is 11.7 Å². The Labute approximate surface area is 121 Å². The standard InChI is InChI=1S/C12H23N3O2S2/c1-10-3-2-7-14(9-10)19(16,17)15(11-4-5-11)8-6-12(13)18/h10-11H,2-9H2,1H3,(H2,13,18). The summed E-state index contributed by atoms with van der Waals surface area (Å²) in [7, 11) is -3.34. The SMILES string of the molecule is CC1CCCN(S(=O)(=O)N(CCC(N)=S)C2CC2)C1. The first-order valence-corrected chi connectivity index (χ1v) is 8.77. The Morgan fingerprint density at radius 1 is 1.42 bits per heavy atom. The van der Waals surface area contributed by atoms with Gasteiger partial charge in [-0.25, -0.2) is 0 Å². The molecule has 0 spiro atoms. The zero-order valence-electron chi connectivity index (χ0n) is 11.4. The van der Waals surface area contributed by atoms with Gasteiger partial charge in [0.05, 0.1) is 4.99 Å². The van der Waals surface area contributed by atoms with Gasteiger partial charge in [-0.15, -0.1) is 0 Å². The highest BCUT2D eigenvalue weighted by Crippen LogP contribution is 2.32. The number of rotatable bonds is 6. The van der Waals surface area contributed by atoms with E-state index in [2.05, 4.69) is 6.92 Å². The summed E-state index contributed by atoms with van der Waals surface area (Å²) in [6.45, 7) is 3.81. The maximum Gasteiger partial charge on any atom is 0.282 e. The molecule has 1 saturated carbocycles. The van der Waals surface area contributed by atoms with E-state index in [1.54, 1.807) is 8.61 Å². The first-order chi connectivity index (χ1) is 8.91. The van der Waals surface area contributed by atoms with Crippen LogP contribution >= 0.6 is 12.2 Å². The third-order valence-electron chi connectivity index (χ3n) is 3.78. The quantitative estimate of drug-likeness (QED) is 0.746. The van der Waals surface area contributed by atoms with Crippen LogP contribution in [0.5, 0.6) is 0 Å². The maximum absolute atomic E-state index is 12.7. The average molecular weight is 305 g/mol. The predicted octanol–water partition coefficient (Wildman–Crippen LogP) is 1.10. The molecule has 2 fully saturated rings. The number of nitrogens with two attached hydrogens (primary N) is 1. The van der Waals surface area contributed by atoms with Gasteiger partial charge >= 0.3 is 0 Å². The largest absolute Gasteiger partial charge is 0.393 e. The normalized spacial score (nSPS) is 25.7. The Balaban J connectivity index is 2.07. The highest BCUT2D eigenvalue weighted by atomic mass is 32.2. The van der Waals surface area contributed by atoms with E-state index >= 15 is 0 Å². The monoisotopic (exact) mass is 305 g/mol. The molecule has 110 valence electrons. The molecule has 19 heavy (non-hydrogen) atoms. The molecule has 0 amide bonds. The summed E-state index contributed by atoms with van der Waals surface area (Å²) < 4.78 is 28.6. The fraction of sp³-hybridized carbons (Fsp3) is 0.917. The van der Waals surface area contributed by atoms with Crippen molar-refractivity contribution in [2.45, 2.75) is 45.1 Å². The molecule has 1 saturated heterocycles. The predicted molar refractivity (Wildman–Crippen MR) is 80.0 cm³/mol. The summed E-state index contributed by atoms with van der Waals surface area (Å²) in [5.41, 5.74) is 5.50. The summed E-state index contributed by atoms with van der Waals surface area (Å²) in [5.74, 6) is 0.445. The second-order valence-corrected chi connectivity index (χ2v) is 8.08. The zero-order valence-corrected chi connectivity index (χ0v) is 13.0. The van der Waals surface area contributed by atoms with Crippen LogP contribution in [-0.2, 0) is 10.2 Å². The Kier molecular flexibility index (Phi) is 4.81. The Hall–Kier alpha value is -0.240. The minimum absolute atomic E-state index is 0.164. The van der Waals surface area contributed by atoms with Gasteiger partial charge in [0.1, 0.15) is 0 Å². The molecule has 1 unspecified atom stereocenters. The average Bonchev–Trinajstić information content (AvgIpc) is 3.13. The van der Waals surface area contributed by atoms with Gasteiger partial charge in [0.15, 0.2) is 0 Å². The molecule has 2 rings (SSSR count). The molecule has 1 heterocycles. The van der Waals surface area contributed by atoms with Crippen LogP contribution in [0.2, 0.25) is 0 Å². The van der Waals surface area contributed by atoms with E-state index in [-0.39, 0.29) is 6.04 Å². The van der Waals surface area contributed by atoms with E-state index < -0.39 is 10.2 Å².